The third-order valence-electron chi connectivity index (χ3n) is 6.74. The van der Waals surface area contributed by atoms with E-state index in [1.54, 1.807) is 45.8 Å². The number of nitrogens with zero attached hydrogens (tertiary/aromatic N) is 6. The number of amides is 1. The smallest absolute Gasteiger partial charge is 0.255 e. The van der Waals surface area contributed by atoms with Crippen LogP contribution >= 0.6 is 11.6 Å². The molecule has 1 amide bonds. The molecule has 184 valence electrons. The summed E-state index contributed by atoms with van der Waals surface area (Å²) in [5.41, 5.74) is 10.4. The Kier molecular flexibility index (Phi) is 5.28. The van der Waals surface area contributed by atoms with Crippen LogP contribution in [0.25, 0.3) is 21.8 Å². The number of aromatic nitrogens is 5. The number of hydrogen-bond donors (Lipinski definition) is 1. The molecule has 0 radical (unpaired) electrons. The number of fused-ring (bicyclic) bond motifs is 4. The van der Waals surface area contributed by atoms with E-state index >= 15 is 0 Å². The van der Waals surface area contributed by atoms with E-state index in [4.69, 9.17) is 22.1 Å². The largest absolute Gasteiger partial charge is 0.491 e. The van der Waals surface area contributed by atoms with Crippen LogP contribution in [0.3, 0.4) is 0 Å². The molecule has 2 N–H and O–H groups in total. The van der Waals surface area contributed by atoms with Gasteiger partial charge in [0.05, 0.1) is 45.4 Å². The monoisotopic (exact) mass is 511 g/mol. The normalized spacial score (nSPS) is 14.3. The minimum Gasteiger partial charge on any atom is -0.491 e. The van der Waals surface area contributed by atoms with Crippen LogP contribution in [0.5, 0.6) is 5.75 Å². The summed E-state index contributed by atoms with van der Waals surface area (Å²) in [5.74, 6) is 7.11. The summed E-state index contributed by atoms with van der Waals surface area (Å²) >= 11 is 6.57. The molecule has 0 unspecified atom stereocenters. The summed E-state index contributed by atoms with van der Waals surface area (Å²) in [6, 6.07) is 10.8. The highest BCUT2D eigenvalue weighted by Crippen LogP contribution is 2.38. The quantitative estimate of drug-likeness (QED) is 0.362. The van der Waals surface area contributed by atoms with Gasteiger partial charge in [0.2, 0.25) is 0 Å². The number of carbonyl (C=O) groups is 1. The van der Waals surface area contributed by atoms with E-state index in [1.807, 2.05) is 38.4 Å². The number of aryl methyl sites for hydroxylation is 2. The van der Waals surface area contributed by atoms with Crippen molar-refractivity contribution in [3.8, 4) is 17.6 Å². The number of ether oxygens (including phenoxy) is 1. The molecule has 1 aliphatic heterocycles. The van der Waals surface area contributed by atoms with Crippen molar-refractivity contribution in [1.29, 1.82) is 0 Å². The minimum absolute atomic E-state index is 0.222. The van der Waals surface area contributed by atoms with Gasteiger partial charge in [0.15, 0.2) is 0 Å². The molecule has 1 aliphatic rings. The zero-order valence-corrected chi connectivity index (χ0v) is 21.1. The van der Waals surface area contributed by atoms with Gasteiger partial charge in [0.25, 0.3) is 5.91 Å². The van der Waals surface area contributed by atoms with Crippen LogP contribution in [-0.4, -0.2) is 49.0 Å². The van der Waals surface area contributed by atoms with Gasteiger partial charge in [-0.1, -0.05) is 23.6 Å². The lowest BCUT2D eigenvalue weighted by Crippen LogP contribution is -2.32. The van der Waals surface area contributed by atoms with Crippen molar-refractivity contribution < 1.29 is 9.53 Å². The van der Waals surface area contributed by atoms with E-state index in [-0.39, 0.29) is 11.9 Å². The third kappa shape index (κ3) is 3.74. The number of hydrogen-bond acceptors (Lipinski definition) is 6. The van der Waals surface area contributed by atoms with Gasteiger partial charge in [0.1, 0.15) is 23.9 Å². The Bertz CT molecular complexity index is 1790. The van der Waals surface area contributed by atoms with Crippen molar-refractivity contribution in [3.63, 3.8) is 0 Å². The van der Waals surface area contributed by atoms with E-state index in [2.05, 4.69) is 27.0 Å². The maximum absolute atomic E-state index is 13.7. The summed E-state index contributed by atoms with van der Waals surface area (Å²) in [4.78, 5) is 19.8. The Balaban J connectivity index is 1.32. The number of likely N-dealkylation sites (N-methyl/N-ethyl adjacent to an activating group) is 1. The first-order chi connectivity index (χ1) is 17.8. The summed E-state index contributed by atoms with van der Waals surface area (Å²) in [6.07, 6.45) is 3.38. The molecule has 4 heterocycles. The fraction of sp³-hybridized carbons (Fsp3) is 0.185. The lowest BCUT2D eigenvalue weighted by atomic mass is 10.0. The molecule has 1 atom stereocenters. The number of halogens is 1. The molecule has 2 aromatic carbocycles. The summed E-state index contributed by atoms with van der Waals surface area (Å²) < 4.78 is 9.39. The fourth-order valence-electron chi connectivity index (χ4n) is 4.70. The van der Waals surface area contributed by atoms with Crippen LogP contribution < -0.4 is 10.5 Å². The van der Waals surface area contributed by atoms with Gasteiger partial charge in [-0.15, -0.1) is 0 Å². The zero-order valence-electron chi connectivity index (χ0n) is 20.4. The number of nitrogens with two attached hydrogens (primary N) is 1. The Morgan fingerprint density at radius 2 is 1.97 bits per heavy atom. The first-order valence-electron chi connectivity index (χ1n) is 11.6. The van der Waals surface area contributed by atoms with Gasteiger partial charge in [-0.05, 0) is 36.3 Å². The molecular weight excluding hydrogens is 490 g/mol. The van der Waals surface area contributed by atoms with Gasteiger partial charge >= 0.3 is 0 Å². The third-order valence-corrected chi connectivity index (χ3v) is 7.05. The van der Waals surface area contributed by atoms with Crippen LogP contribution in [-0.2, 0) is 14.1 Å². The summed E-state index contributed by atoms with van der Waals surface area (Å²) in [5, 5.41) is 10.2. The van der Waals surface area contributed by atoms with Gasteiger partial charge in [-0.2, -0.15) is 10.2 Å². The minimum atomic E-state index is -0.269. The van der Waals surface area contributed by atoms with E-state index in [0.29, 0.717) is 34.3 Å². The number of rotatable bonds is 2. The maximum atomic E-state index is 13.7. The van der Waals surface area contributed by atoms with Crippen molar-refractivity contribution in [2.24, 2.45) is 14.1 Å². The van der Waals surface area contributed by atoms with Crippen LogP contribution in [0, 0.1) is 11.8 Å². The van der Waals surface area contributed by atoms with Gasteiger partial charge in [-0.25, -0.2) is 4.98 Å². The van der Waals surface area contributed by atoms with Crippen molar-refractivity contribution >= 4 is 45.1 Å². The van der Waals surface area contributed by atoms with Crippen molar-refractivity contribution in [2.75, 3.05) is 19.4 Å². The Morgan fingerprint density at radius 3 is 2.76 bits per heavy atom. The molecule has 0 bridgehead atoms. The molecule has 0 saturated heterocycles. The van der Waals surface area contributed by atoms with E-state index in [9.17, 15) is 4.79 Å². The molecule has 0 spiro atoms. The predicted octanol–water partition coefficient (Wildman–Crippen LogP) is 3.70. The molecule has 9 nitrogen and oxygen atoms in total. The Labute approximate surface area is 217 Å². The molecule has 10 heteroatoms. The number of pyridine rings is 1. The molecule has 6 rings (SSSR count). The topological polar surface area (TPSA) is 104 Å². The molecular formula is C27H22ClN7O2. The SMILES string of the molecule is CN(C(=O)c1cc2c(cc1Cl)nc(N)c1cnn(C)c12)[C@@H]1COc2cc(C#Cc3ccnn3C)ccc21. The number of benzene rings is 2. The molecule has 0 fully saturated rings. The predicted molar refractivity (Wildman–Crippen MR) is 141 cm³/mol. The van der Waals surface area contributed by atoms with Crippen LogP contribution in [0.4, 0.5) is 5.82 Å². The van der Waals surface area contributed by atoms with Gasteiger partial charge in [-0.3, -0.25) is 14.2 Å². The van der Waals surface area contributed by atoms with Crippen LogP contribution in [0.15, 0.2) is 48.8 Å². The average molecular weight is 512 g/mol. The Hall–Kier alpha value is -4.55. The van der Waals surface area contributed by atoms with E-state index in [0.717, 1.165) is 33.1 Å². The molecule has 0 saturated carbocycles. The molecule has 37 heavy (non-hydrogen) atoms. The molecule has 0 aliphatic carbocycles. The molecule has 5 aromatic rings. The van der Waals surface area contributed by atoms with E-state index in [1.165, 1.54) is 0 Å². The average Bonchev–Trinajstić information content (AvgIpc) is 3.60. The lowest BCUT2D eigenvalue weighted by Gasteiger charge is -2.24. The molecule has 3 aromatic heterocycles. The second kappa shape index (κ2) is 8.54. The number of carbonyl (C=O) groups excluding carboxylic acids is 1. The number of nitrogen functional groups attached to an aromatic ring is 1. The maximum Gasteiger partial charge on any atom is 0.255 e. The van der Waals surface area contributed by atoms with Crippen molar-refractivity contribution in [1.82, 2.24) is 29.4 Å². The highest BCUT2D eigenvalue weighted by molar-refractivity contribution is 6.35. The Morgan fingerprint density at radius 1 is 1.14 bits per heavy atom. The fourth-order valence-corrected chi connectivity index (χ4v) is 4.94. The summed E-state index contributed by atoms with van der Waals surface area (Å²) in [7, 11) is 5.43. The van der Waals surface area contributed by atoms with Gasteiger partial charge in [0, 0.05) is 37.7 Å². The lowest BCUT2D eigenvalue weighted by molar-refractivity contribution is 0.0709. The first-order valence-corrected chi connectivity index (χ1v) is 11.9. The first kappa shape index (κ1) is 22.9. The van der Waals surface area contributed by atoms with Gasteiger partial charge < -0.3 is 15.4 Å². The van der Waals surface area contributed by atoms with Crippen LogP contribution in [0.1, 0.15) is 33.2 Å². The second-order valence-corrected chi connectivity index (χ2v) is 9.37. The van der Waals surface area contributed by atoms with Crippen molar-refractivity contribution in [3.05, 3.63) is 76.2 Å². The highest BCUT2D eigenvalue weighted by Gasteiger charge is 2.32. The standard InChI is InChI=1S/C27H22ClN7O2/c1-33(23-14-37-24-10-15(5-7-17(23)24)4-6-16-8-9-30-34(16)2)27(36)18-11-19-22(12-21(18)28)32-26(29)20-13-31-35(3)25(19)20/h5,7-13,23H,14H2,1-3H3,(H2,29,32)/t23-/m1/s1. The highest BCUT2D eigenvalue weighted by atomic mass is 35.5. The van der Waals surface area contributed by atoms with Crippen molar-refractivity contribution in [2.45, 2.75) is 6.04 Å². The second-order valence-electron chi connectivity index (χ2n) is 8.96. The summed E-state index contributed by atoms with van der Waals surface area (Å²) in [6.45, 7) is 0.339. The van der Waals surface area contributed by atoms with Crippen LogP contribution in [0.2, 0.25) is 5.02 Å². The zero-order chi connectivity index (χ0) is 25.8. The van der Waals surface area contributed by atoms with E-state index < -0.39 is 0 Å². The number of anilines is 1.